The van der Waals surface area contributed by atoms with E-state index >= 15 is 0 Å². The SMILES string of the molecule is Cc1cnc(-c2cccc(C(F)(F)F)c2Cl)o1. The van der Waals surface area contributed by atoms with E-state index in [-0.39, 0.29) is 11.5 Å². The third kappa shape index (κ3) is 2.29. The summed E-state index contributed by atoms with van der Waals surface area (Å²) in [4.78, 5) is 3.85. The Morgan fingerprint density at radius 3 is 2.53 bits per heavy atom. The molecule has 0 N–H and O–H groups in total. The average molecular weight is 262 g/mol. The van der Waals surface area contributed by atoms with Gasteiger partial charge in [0.15, 0.2) is 0 Å². The molecule has 0 spiro atoms. The van der Waals surface area contributed by atoms with Gasteiger partial charge in [0, 0.05) is 0 Å². The summed E-state index contributed by atoms with van der Waals surface area (Å²) in [5.41, 5.74) is -0.762. The molecule has 0 saturated carbocycles. The summed E-state index contributed by atoms with van der Waals surface area (Å²) < 4.78 is 43.0. The van der Waals surface area contributed by atoms with Gasteiger partial charge in [0.05, 0.1) is 22.3 Å². The van der Waals surface area contributed by atoms with Crippen LogP contribution in [0.1, 0.15) is 11.3 Å². The lowest BCUT2D eigenvalue weighted by Crippen LogP contribution is -2.06. The van der Waals surface area contributed by atoms with Crippen molar-refractivity contribution in [3.8, 4) is 11.5 Å². The molecule has 2 aromatic rings. The first-order chi connectivity index (χ1) is 7.89. The molecule has 0 atom stereocenters. The number of benzene rings is 1. The Kier molecular flexibility index (Phi) is 2.87. The molecular weight excluding hydrogens is 255 g/mol. The summed E-state index contributed by atoms with van der Waals surface area (Å²) in [6.45, 7) is 1.65. The average Bonchev–Trinajstić information content (AvgIpc) is 2.63. The first kappa shape index (κ1) is 12.0. The Bertz CT molecular complexity index is 548. The Morgan fingerprint density at radius 1 is 1.29 bits per heavy atom. The summed E-state index contributed by atoms with van der Waals surface area (Å²) >= 11 is 5.72. The summed E-state index contributed by atoms with van der Waals surface area (Å²) in [6, 6.07) is 3.62. The van der Waals surface area contributed by atoms with Gasteiger partial charge in [-0.15, -0.1) is 0 Å². The number of alkyl halides is 3. The second kappa shape index (κ2) is 4.07. The molecule has 1 heterocycles. The van der Waals surface area contributed by atoms with Crippen molar-refractivity contribution >= 4 is 11.6 Å². The molecule has 90 valence electrons. The van der Waals surface area contributed by atoms with Crippen LogP contribution in [-0.2, 0) is 6.18 Å². The molecule has 0 unspecified atom stereocenters. The minimum Gasteiger partial charge on any atom is -0.441 e. The van der Waals surface area contributed by atoms with Gasteiger partial charge < -0.3 is 4.42 Å². The minimum atomic E-state index is -4.49. The molecular formula is C11H7ClF3NO. The highest BCUT2D eigenvalue weighted by molar-refractivity contribution is 6.34. The van der Waals surface area contributed by atoms with Crippen molar-refractivity contribution in [2.24, 2.45) is 0 Å². The topological polar surface area (TPSA) is 26.0 Å². The Morgan fingerprint density at radius 2 is 2.00 bits per heavy atom. The maximum absolute atomic E-state index is 12.6. The van der Waals surface area contributed by atoms with E-state index in [4.69, 9.17) is 16.0 Å². The van der Waals surface area contributed by atoms with Gasteiger partial charge in [0.25, 0.3) is 0 Å². The van der Waals surface area contributed by atoms with Crippen LogP contribution >= 0.6 is 11.6 Å². The van der Waals surface area contributed by atoms with Gasteiger partial charge in [0.2, 0.25) is 5.89 Å². The second-order valence-corrected chi connectivity index (χ2v) is 3.82. The van der Waals surface area contributed by atoms with Gasteiger partial charge in [0.1, 0.15) is 5.76 Å². The number of oxazole rings is 1. The van der Waals surface area contributed by atoms with E-state index in [1.54, 1.807) is 6.92 Å². The number of hydrogen-bond acceptors (Lipinski definition) is 2. The van der Waals surface area contributed by atoms with E-state index in [1.807, 2.05) is 0 Å². The highest BCUT2D eigenvalue weighted by Gasteiger charge is 2.34. The maximum Gasteiger partial charge on any atom is 0.417 e. The standard InChI is InChI=1S/C11H7ClF3NO/c1-6-5-16-10(17-6)7-3-2-4-8(9(7)12)11(13,14)15/h2-5H,1H3. The summed E-state index contributed by atoms with van der Waals surface area (Å²) in [7, 11) is 0. The molecule has 0 bridgehead atoms. The van der Waals surface area contributed by atoms with E-state index in [2.05, 4.69) is 4.98 Å². The molecule has 0 aliphatic carbocycles. The van der Waals surface area contributed by atoms with Gasteiger partial charge in [-0.2, -0.15) is 13.2 Å². The lowest BCUT2D eigenvalue weighted by Gasteiger charge is -2.10. The van der Waals surface area contributed by atoms with Crippen LogP contribution in [-0.4, -0.2) is 4.98 Å². The summed E-state index contributed by atoms with van der Waals surface area (Å²) in [5, 5.41) is -0.401. The van der Waals surface area contributed by atoms with E-state index in [1.165, 1.54) is 18.3 Å². The van der Waals surface area contributed by atoms with Crippen LogP contribution in [0.2, 0.25) is 5.02 Å². The molecule has 17 heavy (non-hydrogen) atoms. The Balaban J connectivity index is 2.57. The van der Waals surface area contributed by atoms with Gasteiger partial charge in [-0.05, 0) is 19.1 Å². The molecule has 1 aromatic heterocycles. The quantitative estimate of drug-likeness (QED) is 0.764. The fourth-order valence-electron chi connectivity index (χ4n) is 1.40. The highest BCUT2D eigenvalue weighted by Crippen LogP contribution is 2.39. The van der Waals surface area contributed by atoms with Crippen LogP contribution in [0.5, 0.6) is 0 Å². The number of hydrogen-bond donors (Lipinski definition) is 0. The molecule has 0 aliphatic heterocycles. The predicted molar refractivity (Wildman–Crippen MR) is 56.7 cm³/mol. The molecule has 0 amide bonds. The molecule has 0 saturated heterocycles. The number of aromatic nitrogens is 1. The summed E-state index contributed by atoms with van der Waals surface area (Å²) in [6.07, 6.45) is -3.07. The Labute approximate surface area is 100 Å². The van der Waals surface area contributed by atoms with Crippen molar-refractivity contribution in [3.05, 3.63) is 40.7 Å². The first-order valence-electron chi connectivity index (χ1n) is 4.68. The van der Waals surface area contributed by atoms with Crippen molar-refractivity contribution in [1.29, 1.82) is 0 Å². The molecule has 0 aliphatic rings. The fourth-order valence-corrected chi connectivity index (χ4v) is 1.71. The van der Waals surface area contributed by atoms with Crippen LogP contribution in [0.4, 0.5) is 13.2 Å². The molecule has 0 radical (unpaired) electrons. The zero-order valence-electron chi connectivity index (χ0n) is 8.68. The molecule has 6 heteroatoms. The van der Waals surface area contributed by atoms with E-state index in [0.29, 0.717) is 5.76 Å². The third-order valence-electron chi connectivity index (χ3n) is 2.16. The maximum atomic E-state index is 12.6. The van der Waals surface area contributed by atoms with Crippen LogP contribution in [0.15, 0.2) is 28.8 Å². The number of halogens is 4. The molecule has 2 rings (SSSR count). The van der Waals surface area contributed by atoms with Crippen LogP contribution in [0, 0.1) is 6.92 Å². The van der Waals surface area contributed by atoms with Crippen molar-refractivity contribution in [2.75, 3.05) is 0 Å². The van der Waals surface area contributed by atoms with Crippen molar-refractivity contribution < 1.29 is 17.6 Å². The smallest absolute Gasteiger partial charge is 0.417 e. The lowest BCUT2D eigenvalue weighted by molar-refractivity contribution is -0.137. The number of aryl methyl sites for hydroxylation is 1. The van der Waals surface area contributed by atoms with Gasteiger partial charge in [-0.25, -0.2) is 4.98 Å². The zero-order valence-corrected chi connectivity index (χ0v) is 9.43. The Hall–Kier alpha value is -1.49. The zero-order chi connectivity index (χ0) is 12.6. The first-order valence-corrected chi connectivity index (χ1v) is 5.06. The van der Waals surface area contributed by atoms with Gasteiger partial charge >= 0.3 is 6.18 Å². The van der Waals surface area contributed by atoms with Crippen molar-refractivity contribution in [1.82, 2.24) is 4.98 Å². The molecule has 0 fully saturated rings. The largest absolute Gasteiger partial charge is 0.441 e. The van der Waals surface area contributed by atoms with E-state index in [9.17, 15) is 13.2 Å². The monoisotopic (exact) mass is 261 g/mol. The third-order valence-corrected chi connectivity index (χ3v) is 2.56. The normalized spacial score (nSPS) is 11.8. The van der Waals surface area contributed by atoms with E-state index < -0.39 is 16.8 Å². The number of nitrogens with zero attached hydrogens (tertiary/aromatic N) is 1. The van der Waals surface area contributed by atoms with Crippen LogP contribution in [0.25, 0.3) is 11.5 Å². The second-order valence-electron chi connectivity index (χ2n) is 3.44. The van der Waals surface area contributed by atoms with Crippen molar-refractivity contribution in [3.63, 3.8) is 0 Å². The van der Waals surface area contributed by atoms with Gasteiger partial charge in [-0.3, -0.25) is 0 Å². The lowest BCUT2D eigenvalue weighted by atomic mass is 10.1. The molecule has 2 nitrogen and oxygen atoms in total. The minimum absolute atomic E-state index is 0.0820. The van der Waals surface area contributed by atoms with Crippen molar-refractivity contribution in [2.45, 2.75) is 13.1 Å². The summed E-state index contributed by atoms with van der Waals surface area (Å²) in [5.74, 6) is 0.590. The number of rotatable bonds is 1. The van der Waals surface area contributed by atoms with E-state index in [0.717, 1.165) is 6.07 Å². The van der Waals surface area contributed by atoms with Crippen LogP contribution in [0.3, 0.4) is 0 Å². The molecule has 1 aromatic carbocycles. The van der Waals surface area contributed by atoms with Crippen LogP contribution < -0.4 is 0 Å². The predicted octanol–water partition coefficient (Wildman–Crippen LogP) is 4.32. The van der Waals surface area contributed by atoms with Gasteiger partial charge in [-0.1, -0.05) is 17.7 Å². The fraction of sp³-hybridized carbons (Fsp3) is 0.182. The highest BCUT2D eigenvalue weighted by atomic mass is 35.5.